The van der Waals surface area contributed by atoms with Crippen LogP contribution in [0.1, 0.15) is 5.82 Å². The Morgan fingerprint density at radius 1 is 1.59 bits per heavy atom. The van der Waals surface area contributed by atoms with Crippen molar-refractivity contribution < 1.29 is 13.7 Å². The smallest absolute Gasteiger partial charge is 0.298 e. The van der Waals surface area contributed by atoms with Gasteiger partial charge in [-0.2, -0.15) is 10.5 Å². The van der Waals surface area contributed by atoms with Crippen LogP contribution in [0.4, 0.5) is 20.2 Å². The van der Waals surface area contributed by atoms with Gasteiger partial charge in [0, 0.05) is 6.20 Å². The quantitative estimate of drug-likeness (QED) is 0.379. The van der Waals surface area contributed by atoms with Crippen LogP contribution in [0.25, 0.3) is 5.57 Å². The molecule has 112 valence electrons. The molecule has 22 heavy (non-hydrogen) atoms. The Kier molecular flexibility index (Phi) is 4.23. The molecule has 0 aliphatic rings. The molecule has 0 unspecified atom stereocenters. The number of halogens is 3. The van der Waals surface area contributed by atoms with E-state index in [1.54, 1.807) is 6.07 Å². The molecule has 0 atom stereocenters. The van der Waals surface area contributed by atoms with Gasteiger partial charge in [0.25, 0.3) is 5.69 Å². The van der Waals surface area contributed by atoms with Crippen LogP contribution >= 0.6 is 11.6 Å². The minimum atomic E-state index is -1.37. The van der Waals surface area contributed by atoms with E-state index in [0.29, 0.717) is 6.07 Å². The van der Waals surface area contributed by atoms with E-state index in [0.717, 1.165) is 6.20 Å². The number of benzene rings is 1. The summed E-state index contributed by atoms with van der Waals surface area (Å²) in [6.07, 6.45) is 0.907. The maximum atomic E-state index is 13.9. The molecule has 0 fully saturated rings. The average Bonchev–Trinajstić information content (AvgIpc) is 3.01. The van der Waals surface area contributed by atoms with E-state index in [1.807, 2.05) is 0 Å². The SMILES string of the molecule is N#CC(=CNc1c([N+](=O)[O-])cc(F)c(Cl)c1F)c1nn[nH]n1. The molecule has 2 aromatic rings. The molecular formula is C10H4ClF2N7O2. The number of nitrogens with zero attached hydrogens (tertiary/aromatic N) is 5. The first kappa shape index (κ1) is 15.3. The molecule has 2 rings (SSSR count). The van der Waals surface area contributed by atoms with E-state index < -0.39 is 33.0 Å². The molecule has 0 bridgehead atoms. The second-order valence-electron chi connectivity index (χ2n) is 3.69. The number of nitriles is 1. The Morgan fingerprint density at radius 3 is 2.86 bits per heavy atom. The van der Waals surface area contributed by atoms with Gasteiger partial charge in [0.2, 0.25) is 5.82 Å². The van der Waals surface area contributed by atoms with Crippen LogP contribution in [0, 0.1) is 33.1 Å². The summed E-state index contributed by atoms with van der Waals surface area (Å²) in [5.41, 5.74) is -1.78. The summed E-state index contributed by atoms with van der Waals surface area (Å²) in [6.45, 7) is 0. The van der Waals surface area contributed by atoms with Crippen molar-refractivity contribution in [1.82, 2.24) is 20.6 Å². The zero-order valence-electron chi connectivity index (χ0n) is 10.3. The van der Waals surface area contributed by atoms with Crippen molar-refractivity contribution in [2.75, 3.05) is 5.32 Å². The highest BCUT2D eigenvalue weighted by Gasteiger charge is 2.24. The fraction of sp³-hybridized carbons (Fsp3) is 0. The number of hydrogen-bond donors (Lipinski definition) is 2. The molecule has 0 saturated heterocycles. The number of aromatic amines is 1. The number of allylic oxidation sites excluding steroid dienone is 1. The van der Waals surface area contributed by atoms with Gasteiger partial charge in [-0.15, -0.1) is 10.2 Å². The third-order valence-electron chi connectivity index (χ3n) is 2.41. The molecule has 0 spiro atoms. The zero-order valence-corrected chi connectivity index (χ0v) is 11.1. The van der Waals surface area contributed by atoms with Crippen molar-refractivity contribution in [3.05, 3.63) is 44.9 Å². The molecule has 0 aliphatic carbocycles. The molecule has 9 nitrogen and oxygen atoms in total. The Hall–Kier alpha value is -3.13. The lowest BCUT2D eigenvalue weighted by Crippen LogP contribution is -2.02. The van der Waals surface area contributed by atoms with Gasteiger partial charge in [-0.25, -0.2) is 8.78 Å². The van der Waals surface area contributed by atoms with Crippen LogP contribution < -0.4 is 5.32 Å². The number of aromatic nitrogens is 4. The topological polar surface area (TPSA) is 133 Å². The number of nitrogens with one attached hydrogen (secondary N) is 2. The summed E-state index contributed by atoms with van der Waals surface area (Å²) >= 11 is 5.37. The summed E-state index contributed by atoms with van der Waals surface area (Å²) in [7, 11) is 0. The van der Waals surface area contributed by atoms with E-state index in [2.05, 4.69) is 25.9 Å². The highest BCUT2D eigenvalue weighted by atomic mass is 35.5. The average molecular weight is 328 g/mol. The van der Waals surface area contributed by atoms with Crippen molar-refractivity contribution in [3.8, 4) is 6.07 Å². The Morgan fingerprint density at radius 2 is 2.32 bits per heavy atom. The first-order valence-electron chi connectivity index (χ1n) is 5.38. The Bertz CT molecular complexity index is 801. The summed E-state index contributed by atoms with van der Waals surface area (Å²) in [6, 6.07) is 2.14. The lowest BCUT2D eigenvalue weighted by atomic mass is 10.2. The Balaban J connectivity index is 2.47. The highest BCUT2D eigenvalue weighted by molar-refractivity contribution is 6.31. The predicted octanol–water partition coefficient (Wildman–Crippen LogP) is 2.02. The monoisotopic (exact) mass is 327 g/mol. The minimum absolute atomic E-state index is 0.119. The van der Waals surface area contributed by atoms with Gasteiger partial charge in [0.1, 0.15) is 16.7 Å². The normalized spacial score (nSPS) is 11.1. The fourth-order valence-electron chi connectivity index (χ4n) is 1.43. The van der Waals surface area contributed by atoms with Gasteiger partial charge in [0.05, 0.1) is 11.0 Å². The summed E-state index contributed by atoms with van der Waals surface area (Å²) < 4.78 is 27.1. The van der Waals surface area contributed by atoms with Crippen LogP contribution in [-0.2, 0) is 0 Å². The van der Waals surface area contributed by atoms with Crippen LogP contribution in [0.2, 0.25) is 5.02 Å². The zero-order chi connectivity index (χ0) is 16.3. The number of nitro groups is 1. The molecule has 0 aliphatic heterocycles. The number of hydrogen-bond acceptors (Lipinski definition) is 7. The van der Waals surface area contributed by atoms with Gasteiger partial charge in [0.15, 0.2) is 17.3 Å². The summed E-state index contributed by atoms with van der Waals surface area (Å²) in [4.78, 5) is 9.84. The highest BCUT2D eigenvalue weighted by Crippen LogP contribution is 2.34. The number of anilines is 1. The number of H-pyrrole nitrogens is 1. The largest absolute Gasteiger partial charge is 0.352 e. The lowest BCUT2D eigenvalue weighted by molar-refractivity contribution is -0.384. The molecule has 0 radical (unpaired) electrons. The Labute approximate surface area is 125 Å². The van der Waals surface area contributed by atoms with Gasteiger partial charge >= 0.3 is 0 Å². The maximum absolute atomic E-state index is 13.9. The van der Waals surface area contributed by atoms with Crippen molar-refractivity contribution in [2.24, 2.45) is 0 Å². The van der Waals surface area contributed by atoms with Gasteiger partial charge in [-0.1, -0.05) is 11.6 Å². The van der Waals surface area contributed by atoms with Gasteiger partial charge < -0.3 is 5.32 Å². The van der Waals surface area contributed by atoms with E-state index in [4.69, 9.17) is 16.9 Å². The van der Waals surface area contributed by atoms with Crippen LogP contribution in [0.3, 0.4) is 0 Å². The van der Waals surface area contributed by atoms with Crippen molar-refractivity contribution >= 4 is 28.5 Å². The molecule has 2 N–H and O–H groups in total. The van der Waals surface area contributed by atoms with E-state index in [1.165, 1.54) is 0 Å². The second-order valence-corrected chi connectivity index (χ2v) is 4.07. The van der Waals surface area contributed by atoms with Gasteiger partial charge in [-0.3, -0.25) is 10.1 Å². The van der Waals surface area contributed by atoms with Crippen LogP contribution in [0.15, 0.2) is 12.3 Å². The third-order valence-corrected chi connectivity index (χ3v) is 2.75. The summed E-state index contributed by atoms with van der Waals surface area (Å²) in [5.74, 6) is -2.76. The molecular weight excluding hydrogens is 324 g/mol. The predicted molar refractivity (Wildman–Crippen MR) is 69.4 cm³/mol. The maximum Gasteiger partial charge on any atom is 0.298 e. The molecule has 1 aromatic heterocycles. The van der Waals surface area contributed by atoms with Crippen molar-refractivity contribution in [1.29, 1.82) is 5.26 Å². The molecule has 0 amide bonds. The molecule has 1 aromatic carbocycles. The molecule has 0 saturated carbocycles. The lowest BCUT2D eigenvalue weighted by Gasteiger charge is -2.06. The van der Waals surface area contributed by atoms with E-state index in [-0.39, 0.29) is 11.4 Å². The standard InChI is InChI=1S/C10H4ClF2N7O2/c11-7-5(12)1-6(20(21)22)9(8(7)13)15-3-4(2-14)10-16-18-19-17-10/h1,3,15H,(H,16,17,18,19). The number of nitro benzene ring substituents is 1. The van der Waals surface area contributed by atoms with Crippen molar-refractivity contribution in [2.45, 2.75) is 0 Å². The van der Waals surface area contributed by atoms with E-state index in [9.17, 15) is 18.9 Å². The third kappa shape index (κ3) is 2.81. The first-order chi connectivity index (χ1) is 10.5. The minimum Gasteiger partial charge on any atom is -0.352 e. The van der Waals surface area contributed by atoms with Crippen LogP contribution in [0.5, 0.6) is 0 Å². The van der Waals surface area contributed by atoms with Crippen LogP contribution in [-0.4, -0.2) is 25.5 Å². The van der Waals surface area contributed by atoms with Gasteiger partial charge in [-0.05, 0) is 5.21 Å². The van der Waals surface area contributed by atoms with Crippen molar-refractivity contribution in [3.63, 3.8) is 0 Å². The number of rotatable bonds is 4. The summed E-state index contributed by atoms with van der Waals surface area (Å²) in [5, 5.41) is 33.4. The molecule has 12 heteroatoms. The fourth-order valence-corrected chi connectivity index (χ4v) is 1.58. The first-order valence-corrected chi connectivity index (χ1v) is 5.76. The van der Waals surface area contributed by atoms with E-state index >= 15 is 0 Å². The molecule has 1 heterocycles. The number of tetrazole rings is 1. The second kappa shape index (κ2) is 6.10.